The van der Waals surface area contributed by atoms with Crippen LogP contribution < -0.4 is 9.47 Å². The van der Waals surface area contributed by atoms with Crippen LogP contribution in [0.5, 0.6) is 11.8 Å². The molecule has 2 heterocycles. The van der Waals surface area contributed by atoms with Crippen molar-refractivity contribution in [2.24, 2.45) is 7.05 Å². The minimum absolute atomic E-state index is 0.351. The third kappa shape index (κ3) is 4.69. The summed E-state index contributed by atoms with van der Waals surface area (Å²) >= 11 is 3.54. The van der Waals surface area contributed by atoms with Crippen molar-refractivity contribution in [1.82, 2.24) is 14.8 Å². The molecule has 0 saturated heterocycles. The second kappa shape index (κ2) is 9.35. The van der Waals surface area contributed by atoms with E-state index in [1.54, 1.807) is 0 Å². The molecule has 0 aliphatic carbocycles. The van der Waals surface area contributed by atoms with Gasteiger partial charge in [0.2, 0.25) is 11.8 Å². The van der Waals surface area contributed by atoms with Gasteiger partial charge in [-0.15, -0.1) is 0 Å². The van der Waals surface area contributed by atoms with E-state index in [-0.39, 0.29) is 0 Å². The van der Waals surface area contributed by atoms with Crippen molar-refractivity contribution in [2.45, 2.75) is 13.2 Å². The van der Waals surface area contributed by atoms with E-state index in [0.717, 1.165) is 37.8 Å². The lowest BCUT2D eigenvalue weighted by molar-refractivity contribution is 0.268. The Labute approximate surface area is 200 Å². The SMILES string of the molecule is Cn1nc(-c2ccc(OCc3ccccc3)nc2OCc2cc#ccc2)c2ccc(Br)cc21. The zero-order valence-corrected chi connectivity index (χ0v) is 19.5. The Kier molecular flexibility index (Phi) is 5.97. The average molecular weight is 498 g/mol. The molecule has 0 atom stereocenters. The molecule has 0 radical (unpaired) electrons. The Balaban J connectivity index is 1.51. The van der Waals surface area contributed by atoms with Crippen LogP contribution in [0.2, 0.25) is 0 Å². The number of rotatable bonds is 7. The quantitative estimate of drug-likeness (QED) is 0.270. The van der Waals surface area contributed by atoms with Crippen LogP contribution in [-0.2, 0) is 20.3 Å². The summed E-state index contributed by atoms with van der Waals surface area (Å²) in [6.45, 7) is 0.778. The lowest BCUT2D eigenvalue weighted by Crippen LogP contribution is -2.02. The van der Waals surface area contributed by atoms with Gasteiger partial charge in [0, 0.05) is 23.0 Å². The number of fused-ring (bicyclic) bond motifs is 1. The number of ether oxygens (including phenoxy) is 2. The van der Waals surface area contributed by atoms with Crippen molar-refractivity contribution in [3.63, 3.8) is 0 Å². The third-order valence-corrected chi connectivity index (χ3v) is 5.72. The number of aromatic nitrogens is 3. The van der Waals surface area contributed by atoms with Gasteiger partial charge in [0.05, 0.1) is 11.1 Å². The maximum absolute atomic E-state index is 6.17. The topological polar surface area (TPSA) is 49.2 Å². The Morgan fingerprint density at radius 1 is 0.909 bits per heavy atom. The molecule has 5 nitrogen and oxygen atoms in total. The van der Waals surface area contributed by atoms with Crippen LogP contribution in [0.4, 0.5) is 0 Å². The molecular formula is C27H20BrN3O2. The van der Waals surface area contributed by atoms with Crippen LogP contribution in [0.15, 0.2) is 83.3 Å². The van der Waals surface area contributed by atoms with Gasteiger partial charge >= 0.3 is 0 Å². The van der Waals surface area contributed by atoms with Crippen LogP contribution in [0.3, 0.4) is 0 Å². The zero-order chi connectivity index (χ0) is 22.6. The molecule has 0 aliphatic heterocycles. The fourth-order valence-corrected chi connectivity index (χ4v) is 3.92. The lowest BCUT2D eigenvalue weighted by Gasteiger charge is -2.12. The standard InChI is InChI=1S/C27H20BrN3O2/c1-31-24-16-21(28)12-13-22(24)26(30-31)23-14-15-25(32-17-19-8-4-2-5-9-19)29-27(23)33-18-20-10-6-3-7-11-20/h2,4-6,8-16H,17-18H2,1H3. The molecule has 0 bridgehead atoms. The van der Waals surface area contributed by atoms with Gasteiger partial charge in [-0.3, -0.25) is 4.68 Å². The summed E-state index contributed by atoms with van der Waals surface area (Å²) in [5.41, 5.74) is 4.68. The largest absolute Gasteiger partial charge is 0.473 e. The first kappa shape index (κ1) is 21.0. The Hall–Kier alpha value is -3.82. The van der Waals surface area contributed by atoms with E-state index in [2.05, 4.69) is 28.1 Å². The number of nitrogens with zero attached hydrogens (tertiary/aromatic N) is 3. The van der Waals surface area contributed by atoms with E-state index in [0.29, 0.717) is 25.0 Å². The van der Waals surface area contributed by atoms with Crippen molar-refractivity contribution < 1.29 is 9.47 Å². The van der Waals surface area contributed by atoms with Crippen LogP contribution >= 0.6 is 15.9 Å². The average Bonchev–Trinajstić information content (AvgIpc) is 3.18. The van der Waals surface area contributed by atoms with Gasteiger partial charge in [0.15, 0.2) is 0 Å². The lowest BCUT2D eigenvalue weighted by atomic mass is 10.1. The second-order valence-corrected chi connectivity index (χ2v) is 8.46. The summed E-state index contributed by atoms with van der Waals surface area (Å²) in [6, 6.07) is 31.4. The van der Waals surface area contributed by atoms with Crippen molar-refractivity contribution in [3.8, 4) is 23.0 Å². The minimum atomic E-state index is 0.351. The van der Waals surface area contributed by atoms with Crippen molar-refractivity contribution in [2.75, 3.05) is 0 Å². The molecule has 3 aromatic carbocycles. The highest BCUT2D eigenvalue weighted by Crippen LogP contribution is 2.35. The summed E-state index contributed by atoms with van der Waals surface area (Å²) in [6.07, 6.45) is 0. The predicted molar refractivity (Wildman–Crippen MR) is 131 cm³/mol. The highest BCUT2D eigenvalue weighted by atomic mass is 79.9. The molecule has 0 N–H and O–H groups in total. The van der Waals surface area contributed by atoms with E-state index < -0.39 is 0 Å². The molecule has 0 spiro atoms. The Bertz CT molecular complexity index is 1390. The van der Waals surface area contributed by atoms with Crippen molar-refractivity contribution >= 4 is 26.8 Å². The molecule has 5 rings (SSSR count). The summed E-state index contributed by atoms with van der Waals surface area (Å²) in [7, 11) is 1.93. The fourth-order valence-electron chi connectivity index (χ4n) is 3.58. The first-order valence-corrected chi connectivity index (χ1v) is 11.3. The molecule has 162 valence electrons. The number of hydrogen-bond donors (Lipinski definition) is 0. The molecule has 0 aliphatic rings. The monoisotopic (exact) mass is 497 g/mol. The summed E-state index contributed by atoms with van der Waals surface area (Å²) in [4.78, 5) is 4.69. The molecule has 0 unspecified atom stereocenters. The molecule has 2 aromatic heterocycles. The van der Waals surface area contributed by atoms with Crippen molar-refractivity contribution in [1.29, 1.82) is 0 Å². The van der Waals surface area contributed by atoms with Gasteiger partial charge in [0.25, 0.3) is 0 Å². The highest BCUT2D eigenvalue weighted by Gasteiger charge is 2.18. The van der Waals surface area contributed by atoms with Crippen LogP contribution in [0, 0.1) is 12.1 Å². The van der Waals surface area contributed by atoms with E-state index in [1.165, 1.54) is 0 Å². The molecule has 5 aromatic rings. The zero-order valence-electron chi connectivity index (χ0n) is 18.0. The van der Waals surface area contributed by atoms with E-state index >= 15 is 0 Å². The summed E-state index contributed by atoms with van der Waals surface area (Å²) < 4.78 is 15.0. The van der Waals surface area contributed by atoms with Gasteiger partial charge in [-0.1, -0.05) is 58.4 Å². The minimum Gasteiger partial charge on any atom is -0.473 e. The van der Waals surface area contributed by atoms with Gasteiger partial charge in [-0.05, 0) is 53.6 Å². The third-order valence-electron chi connectivity index (χ3n) is 5.23. The van der Waals surface area contributed by atoms with Gasteiger partial charge in [-0.25, -0.2) is 0 Å². The highest BCUT2D eigenvalue weighted by molar-refractivity contribution is 9.10. The first-order valence-electron chi connectivity index (χ1n) is 10.5. The van der Waals surface area contributed by atoms with Crippen LogP contribution in [0.1, 0.15) is 11.1 Å². The van der Waals surface area contributed by atoms with Gasteiger partial charge < -0.3 is 9.47 Å². The maximum atomic E-state index is 6.17. The smallest absolute Gasteiger partial charge is 0.226 e. The molecular weight excluding hydrogens is 478 g/mol. The number of pyridine rings is 1. The molecule has 6 heteroatoms. The Morgan fingerprint density at radius 2 is 1.76 bits per heavy atom. The molecule has 0 amide bonds. The number of halogens is 1. The van der Waals surface area contributed by atoms with E-state index in [9.17, 15) is 0 Å². The van der Waals surface area contributed by atoms with Crippen LogP contribution in [0.25, 0.3) is 22.2 Å². The van der Waals surface area contributed by atoms with Crippen LogP contribution in [-0.4, -0.2) is 14.8 Å². The number of benzene rings is 2. The van der Waals surface area contributed by atoms with Crippen molar-refractivity contribution in [3.05, 3.63) is 107 Å². The molecule has 33 heavy (non-hydrogen) atoms. The number of aryl methyl sites for hydroxylation is 1. The fraction of sp³-hybridized carbons (Fsp3) is 0.111. The predicted octanol–water partition coefficient (Wildman–Crippen LogP) is 6.16. The Morgan fingerprint density at radius 3 is 2.58 bits per heavy atom. The maximum Gasteiger partial charge on any atom is 0.226 e. The van der Waals surface area contributed by atoms with E-state index in [1.807, 2.05) is 90.6 Å². The summed E-state index contributed by atoms with van der Waals surface area (Å²) in [5, 5.41) is 5.79. The normalized spacial score (nSPS) is 10.7. The number of hydrogen-bond acceptors (Lipinski definition) is 4. The molecule has 0 saturated carbocycles. The molecule has 0 fully saturated rings. The van der Waals surface area contributed by atoms with E-state index in [4.69, 9.17) is 19.6 Å². The summed E-state index contributed by atoms with van der Waals surface area (Å²) in [5.74, 6) is 0.963. The second-order valence-electron chi connectivity index (χ2n) is 7.54. The van der Waals surface area contributed by atoms with Gasteiger partial charge in [0.1, 0.15) is 18.9 Å². The first-order chi connectivity index (χ1) is 16.2. The van der Waals surface area contributed by atoms with Gasteiger partial charge in [-0.2, -0.15) is 10.1 Å².